The number of allylic oxidation sites excluding steroid dienone is 3. The van der Waals surface area contributed by atoms with Crippen LogP contribution in [0.15, 0.2) is 24.3 Å². The van der Waals surface area contributed by atoms with Gasteiger partial charge in [-0.3, -0.25) is 0 Å². The molecular weight excluding hydrogens is 300 g/mol. The van der Waals surface area contributed by atoms with Gasteiger partial charge >= 0.3 is 0 Å². The van der Waals surface area contributed by atoms with Crippen molar-refractivity contribution in [2.75, 3.05) is 0 Å². The summed E-state index contributed by atoms with van der Waals surface area (Å²) in [7, 11) is 0. The van der Waals surface area contributed by atoms with E-state index in [0.717, 1.165) is 36.0 Å². The lowest BCUT2D eigenvalue weighted by Gasteiger charge is -2.31. The van der Waals surface area contributed by atoms with Crippen molar-refractivity contribution in [2.45, 2.75) is 100 Å². The Kier molecular flexibility index (Phi) is 13.4. The van der Waals surface area contributed by atoms with Crippen molar-refractivity contribution in [1.82, 2.24) is 0 Å². The molecule has 0 nitrogen and oxygen atoms in total. The summed E-state index contributed by atoms with van der Waals surface area (Å²) in [5.41, 5.74) is 1.52. The Morgan fingerprint density at radius 2 is 1.56 bits per heavy atom. The van der Waals surface area contributed by atoms with E-state index < -0.39 is 0 Å². The lowest BCUT2D eigenvalue weighted by Crippen LogP contribution is -2.21. The summed E-state index contributed by atoms with van der Waals surface area (Å²) >= 11 is 0. The van der Waals surface area contributed by atoms with Gasteiger partial charge in [0, 0.05) is 0 Å². The van der Waals surface area contributed by atoms with Crippen molar-refractivity contribution >= 4 is 0 Å². The smallest absolute Gasteiger partial charge is 0.0201 e. The monoisotopic (exact) mass is 348 g/mol. The van der Waals surface area contributed by atoms with Crippen molar-refractivity contribution < 1.29 is 0 Å². The van der Waals surface area contributed by atoms with Crippen LogP contribution in [0.4, 0.5) is 0 Å². The van der Waals surface area contributed by atoms with Crippen LogP contribution in [-0.2, 0) is 0 Å². The van der Waals surface area contributed by atoms with E-state index in [-0.39, 0.29) is 0 Å². The second-order valence-electron chi connectivity index (χ2n) is 9.25. The minimum atomic E-state index is 0.706. The lowest BCUT2D eigenvalue weighted by molar-refractivity contribution is 0.245. The van der Waals surface area contributed by atoms with Crippen LogP contribution >= 0.6 is 0 Å². The quantitative estimate of drug-likeness (QED) is 0.275. The summed E-state index contributed by atoms with van der Waals surface area (Å²) in [6.45, 7) is 23.4. The molecule has 0 heterocycles. The average molecular weight is 349 g/mol. The number of rotatable bonds is 14. The maximum atomic E-state index is 4.52. The first-order valence-corrected chi connectivity index (χ1v) is 11.1. The molecule has 0 N–H and O–H groups in total. The first-order valence-electron chi connectivity index (χ1n) is 11.1. The van der Waals surface area contributed by atoms with Crippen molar-refractivity contribution in [3.63, 3.8) is 0 Å². The number of hydrogen-bond acceptors (Lipinski definition) is 0. The predicted molar refractivity (Wildman–Crippen MR) is 117 cm³/mol. The molecule has 25 heavy (non-hydrogen) atoms. The van der Waals surface area contributed by atoms with Gasteiger partial charge in [0.15, 0.2) is 0 Å². The van der Waals surface area contributed by atoms with E-state index in [9.17, 15) is 0 Å². The van der Waals surface area contributed by atoms with Crippen LogP contribution in [0.25, 0.3) is 0 Å². The normalized spacial score (nSPS) is 17.2. The molecule has 0 saturated carbocycles. The topological polar surface area (TPSA) is 0 Å². The molecule has 4 atom stereocenters. The van der Waals surface area contributed by atoms with Crippen molar-refractivity contribution in [1.29, 1.82) is 0 Å². The van der Waals surface area contributed by atoms with Crippen LogP contribution in [0.5, 0.6) is 0 Å². The van der Waals surface area contributed by atoms with Gasteiger partial charge in [-0.15, -0.1) is 0 Å². The fraction of sp³-hybridized carbons (Fsp3) is 0.840. The standard InChI is InChI=1S/C25H48/c1-10-12-16-24(11-2)23(9)22(8)18-25(17-20(5)6)21(7)15-13-14-19(3)4/h12,16,19-20,22-25H,7,10-11,13-15,17-18H2,1-6,8-9H3. The fourth-order valence-corrected chi connectivity index (χ4v) is 4.02. The molecule has 0 heteroatoms. The third kappa shape index (κ3) is 10.9. The highest BCUT2D eigenvalue weighted by atomic mass is 14.3. The summed E-state index contributed by atoms with van der Waals surface area (Å²) in [6.07, 6.45) is 13.7. The molecule has 0 aromatic heterocycles. The Bertz CT molecular complexity index is 360. The van der Waals surface area contributed by atoms with E-state index >= 15 is 0 Å². The minimum absolute atomic E-state index is 0.706. The highest BCUT2D eigenvalue weighted by Crippen LogP contribution is 2.35. The minimum Gasteiger partial charge on any atom is -0.0996 e. The predicted octanol–water partition coefficient (Wildman–Crippen LogP) is 8.69. The van der Waals surface area contributed by atoms with Gasteiger partial charge in [0.1, 0.15) is 0 Å². The molecule has 0 aliphatic rings. The molecule has 0 aromatic rings. The second kappa shape index (κ2) is 13.7. The molecule has 0 rings (SSSR count). The van der Waals surface area contributed by atoms with Crippen molar-refractivity contribution in [3.8, 4) is 0 Å². The van der Waals surface area contributed by atoms with Crippen LogP contribution in [0.2, 0.25) is 0 Å². The molecule has 0 spiro atoms. The first-order chi connectivity index (χ1) is 11.7. The van der Waals surface area contributed by atoms with Gasteiger partial charge in [-0.2, -0.15) is 0 Å². The summed E-state index contributed by atoms with van der Waals surface area (Å²) in [6, 6.07) is 0. The Morgan fingerprint density at radius 3 is 2.04 bits per heavy atom. The van der Waals surface area contributed by atoms with Crippen LogP contribution < -0.4 is 0 Å². The van der Waals surface area contributed by atoms with Gasteiger partial charge in [0.2, 0.25) is 0 Å². The molecule has 0 bridgehead atoms. The van der Waals surface area contributed by atoms with Gasteiger partial charge < -0.3 is 0 Å². The molecule has 148 valence electrons. The Labute approximate surface area is 160 Å². The number of hydrogen-bond donors (Lipinski definition) is 0. The zero-order chi connectivity index (χ0) is 19.4. The zero-order valence-corrected chi connectivity index (χ0v) is 18.8. The van der Waals surface area contributed by atoms with Crippen LogP contribution in [0, 0.1) is 35.5 Å². The molecule has 0 aliphatic carbocycles. The maximum absolute atomic E-state index is 4.52. The van der Waals surface area contributed by atoms with E-state index in [1.54, 1.807) is 0 Å². The SMILES string of the molecule is C=C(CCCC(C)C)C(CC(C)C)CC(C)C(C)C(C=CCC)CC. The summed E-state index contributed by atoms with van der Waals surface area (Å²) in [5, 5.41) is 0. The molecule has 0 saturated heterocycles. The molecule has 0 radical (unpaired) electrons. The maximum Gasteiger partial charge on any atom is -0.0201 e. The van der Waals surface area contributed by atoms with Crippen LogP contribution in [0.3, 0.4) is 0 Å². The van der Waals surface area contributed by atoms with E-state index in [0.29, 0.717) is 5.92 Å². The van der Waals surface area contributed by atoms with Gasteiger partial charge in [0.05, 0.1) is 0 Å². The van der Waals surface area contributed by atoms with Crippen LogP contribution in [0.1, 0.15) is 100 Å². The van der Waals surface area contributed by atoms with Gasteiger partial charge in [-0.05, 0) is 74.0 Å². The van der Waals surface area contributed by atoms with Gasteiger partial charge in [-0.25, -0.2) is 0 Å². The highest BCUT2D eigenvalue weighted by molar-refractivity contribution is 5.02. The highest BCUT2D eigenvalue weighted by Gasteiger charge is 2.24. The van der Waals surface area contributed by atoms with E-state index in [4.69, 9.17) is 0 Å². The van der Waals surface area contributed by atoms with E-state index in [2.05, 4.69) is 74.1 Å². The fourth-order valence-electron chi connectivity index (χ4n) is 4.02. The molecule has 0 fully saturated rings. The first kappa shape index (κ1) is 24.5. The molecular formula is C25H48. The Morgan fingerprint density at radius 1 is 0.920 bits per heavy atom. The van der Waals surface area contributed by atoms with E-state index in [1.807, 2.05) is 0 Å². The second-order valence-corrected chi connectivity index (χ2v) is 9.25. The molecule has 0 aromatic carbocycles. The Balaban J connectivity index is 4.81. The molecule has 0 amide bonds. The third-order valence-corrected chi connectivity index (χ3v) is 5.93. The molecule has 4 unspecified atom stereocenters. The average Bonchev–Trinajstić information content (AvgIpc) is 2.53. The van der Waals surface area contributed by atoms with Crippen molar-refractivity contribution in [3.05, 3.63) is 24.3 Å². The van der Waals surface area contributed by atoms with Gasteiger partial charge in [-0.1, -0.05) is 86.1 Å². The summed E-state index contributed by atoms with van der Waals surface area (Å²) in [5.74, 6) is 4.52. The Hall–Kier alpha value is -0.520. The summed E-state index contributed by atoms with van der Waals surface area (Å²) < 4.78 is 0. The largest absolute Gasteiger partial charge is 0.0996 e. The lowest BCUT2D eigenvalue weighted by atomic mass is 9.74. The van der Waals surface area contributed by atoms with Crippen molar-refractivity contribution in [2.24, 2.45) is 35.5 Å². The van der Waals surface area contributed by atoms with Crippen LogP contribution in [-0.4, -0.2) is 0 Å². The zero-order valence-electron chi connectivity index (χ0n) is 18.8. The van der Waals surface area contributed by atoms with E-state index in [1.165, 1.54) is 44.1 Å². The summed E-state index contributed by atoms with van der Waals surface area (Å²) in [4.78, 5) is 0. The van der Waals surface area contributed by atoms with Gasteiger partial charge in [0.25, 0.3) is 0 Å². The molecule has 0 aliphatic heterocycles. The third-order valence-electron chi connectivity index (χ3n) is 5.93.